The van der Waals surface area contributed by atoms with Gasteiger partial charge in [0.25, 0.3) is 5.56 Å². The largest absolute Gasteiger partial charge is 0.354 e. The summed E-state index contributed by atoms with van der Waals surface area (Å²) >= 11 is 0. The molecular formula is C19H30N4O2. The Balaban J connectivity index is 1.69. The molecule has 0 radical (unpaired) electrons. The molecule has 25 heavy (non-hydrogen) atoms. The lowest BCUT2D eigenvalue weighted by Crippen LogP contribution is -2.48. The van der Waals surface area contributed by atoms with Crippen molar-refractivity contribution in [2.75, 3.05) is 18.0 Å². The lowest BCUT2D eigenvalue weighted by Gasteiger charge is -2.37. The summed E-state index contributed by atoms with van der Waals surface area (Å²) in [5.74, 6) is 1.26. The van der Waals surface area contributed by atoms with Gasteiger partial charge in [-0.15, -0.1) is 0 Å². The summed E-state index contributed by atoms with van der Waals surface area (Å²) in [6.45, 7) is 5.52. The molecule has 1 saturated carbocycles. The van der Waals surface area contributed by atoms with E-state index in [1.165, 1.54) is 23.9 Å². The van der Waals surface area contributed by atoms with Gasteiger partial charge in [-0.2, -0.15) is 5.10 Å². The molecule has 1 N–H and O–H groups in total. The van der Waals surface area contributed by atoms with Crippen molar-refractivity contribution in [2.45, 2.75) is 70.9 Å². The van der Waals surface area contributed by atoms with Gasteiger partial charge < -0.3 is 10.2 Å². The highest BCUT2D eigenvalue weighted by molar-refractivity contribution is 5.78. The highest BCUT2D eigenvalue weighted by atomic mass is 16.2. The number of nitrogens with one attached hydrogen (secondary N) is 1. The SMILES string of the molecule is CC(C)n1nc(N2CCCCC2CNC(=O)C2CCCC2)ccc1=O. The van der Waals surface area contributed by atoms with Crippen LogP contribution in [0, 0.1) is 5.92 Å². The molecule has 0 bridgehead atoms. The molecule has 1 aromatic heterocycles. The zero-order chi connectivity index (χ0) is 17.8. The van der Waals surface area contributed by atoms with Crippen molar-refractivity contribution < 1.29 is 4.79 Å². The minimum absolute atomic E-state index is 0.0396. The molecule has 3 rings (SSSR count). The quantitative estimate of drug-likeness (QED) is 0.889. The molecule has 6 heteroatoms. The second kappa shape index (κ2) is 8.02. The Labute approximate surface area is 149 Å². The first-order valence-electron chi connectivity index (χ1n) is 9.70. The molecule has 1 unspecified atom stereocenters. The Morgan fingerprint density at radius 3 is 2.64 bits per heavy atom. The molecule has 0 aromatic carbocycles. The summed E-state index contributed by atoms with van der Waals surface area (Å²) in [5.41, 5.74) is -0.0677. The summed E-state index contributed by atoms with van der Waals surface area (Å²) < 4.78 is 1.54. The molecule has 138 valence electrons. The molecule has 1 amide bonds. The third-order valence-electron chi connectivity index (χ3n) is 5.46. The van der Waals surface area contributed by atoms with E-state index in [9.17, 15) is 9.59 Å². The first-order valence-corrected chi connectivity index (χ1v) is 9.70. The van der Waals surface area contributed by atoms with Crippen LogP contribution in [0.5, 0.6) is 0 Å². The third kappa shape index (κ3) is 4.22. The summed E-state index contributed by atoms with van der Waals surface area (Å²) in [4.78, 5) is 26.6. The van der Waals surface area contributed by atoms with E-state index in [1.807, 2.05) is 19.9 Å². The summed E-state index contributed by atoms with van der Waals surface area (Å²) in [6, 6.07) is 3.71. The number of hydrogen-bond donors (Lipinski definition) is 1. The minimum Gasteiger partial charge on any atom is -0.354 e. The second-order valence-electron chi connectivity index (χ2n) is 7.64. The molecule has 0 spiro atoms. The smallest absolute Gasteiger partial charge is 0.267 e. The van der Waals surface area contributed by atoms with Crippen molar-refractivity contribution in [3.05, 3.63) is 22.5 Å². The van der Waals surface area contributed by atoms with Crippen LogP contribution in [0.25, 0.3) is 0 Å². The Morgan fingerprint density at radius 2 is 1.92 bits per heavy atom. The van der Waals surface area contributed by atoms with Crippen LogP contribution in [0.4, 0.5) is 5.82 Å². The van der Waals surface area contributed by atoms with Gasteiger partial charge >= 0.3 is 0 Å². The van der Waals surface area contributed by atoms with Crippen molar-refractivity contribution in [3.8, 4) is 0 Å². The van der Waals surface area contributed by atoms with E-state index >= 15 is 0 Å². The van der Waals surface area contributed by atoms with Gasteiger partial charge in [0, 0.05) is 31.1 Å². The van der Waals surface area contributed by atoms with Crippen LogP contribution in [0.15, 0.2) is 16.9 Å². The molecule has 2 fully saturated rings. The van der Waals surface area contributed by atoms with Crippen molar-refractivity contribution in [1.82, 2.24) is 15.1 Å². The van der Waals surface area contributed by atoms with Crippen molar-refractivity contribution >= 4 is 11.7 Å². The summed E-state index contributed by atoms with van der Waals surface area (Å²) in [5, 5.41) is 7.73. The van der Waals surface area contributed by atoms with Crippen molar-refractivity contribution in [3.63, 3.8) is 0 Å². The maximum atomic E-state index is 12.3. The van der Waals surface area contributed by atoms with Crippen LogP contribution >= 0.6 is 0 Å². The van der Waals surface area contributed by atoms with E-state index in [2.05, 4.69) is 15.3 Å². The van der Waals surface area contributed by atoms with Crippen LogP contribution < -0.4 is 15.8 Å². The standard InChI is InChI=1S/C19H30N4O2/c1-14(2)23-18(24)11-10-17(21-23)22-12-6-5-9-16(22)13-20-19(25)15-7-3-4-8-15/h10-11,14-16H,3-9,12-13H2,1-2H3,(H,20,25). The highest BCUT2D eigenvalue weighted by Crippen LogP contribution is 2.25. The van der Waals surface area contributed by atoms with Gasteiger partial charge in [0.2, 0.25) is 5.91 Å². The Bertz CT molecular complexity index is 649. The lowest BCUT2D eigenvalue weighted by molar-refractivity contribution is -0.124. The molecule has 2 aliphatic rings. The number of aromatic nitrogens is 2. The Kier molecular flexibility index (Phi) is 5.76. The zero-order valence-electron chi connectivity index (χ0n) is 15.4. The average Bonchev–Trinajstić information content (AvgIpc) is 3.15. The van der Waals surface area contributed by atoms with Gasteiger partial charge in [0.15, 0.2) is 0 Å². The van der Waals surface area contributed by atoms with Crippen LogP contribution in [0.1, 0.15) is 64.8 Å². The minimum atomic E-state index is -0.0677. The van der Waals surface area contributed by atoms with Gasteiger partial charge in [-0.1, -0.05) is 12.8 Å². The van der Waals surface area contributed by atoms with Gasteiger partial charge in [0.1, 0.15) is 5.82 Å². The second-order valence-corrected chi connectivity index (χ2v) is 7.64. The maximum Gasteiger partial charge on any atom is 0.267 e. The van der Waals surface area contributed by atoms with Crippen LogP contribution in [0.3, 0.4) is 0 Å². The molecule has 1 aliphatic carbocycles. The maximum absolute atomic E-state index is 12.3. The number of hydrogen-bond acceptors (Lipinski definition) is 4. The van der Waals surface area contributed by atoms with E-state index in [1.54, 1.807) is 6.07 Å². The molecule has 1 aromatic rings. The third-order valence-corrected chi connectivity index (χ3v) is 5.46. The molecule has 2 heterocycles. The summed E-state index contributed by atoms with van der Waals surface area (Å²) in [7, 11) is 0. The van der Waals surface area contributed by atoms with Gasteiger partial charge in [0.05, 0.1) is 6.04 Å². The number of piperidine rings is 1. The normalized spacial score (nSPS) is 21.7. The number of rotatable bonds is 5. The van der Waals surface area contributed by atoms with E-state index in [4.69, 9.17) is 0 Å². The topological polar surface area (TPSA) is 67.2 Å². The van der Waals surface area contributed by atoms with E-state index in [0.29, 0.717) is 6.54 Å². The van der Waals surface area contributed by atoms with E-state index in [-0.39, 0.29) is 29.5 Å². The predicted octanol–water partition coefficient (Wildman–Crippen LogP) is 2.49. The molecule has 1 aliphatic heterocycles. The van der Waals surface area contributed by atoms with E-state index < -0.39 is 0 Å². The first kappa shape index (κ1) is 18.0. The van der Waals surface area contributed by atoms with Crippen LogP contribution in [-0.2, 0) is 4.79 Å². The Morgan fingerprint density at radius 1 is 1.20 bits per heavy atom. The predicted molar refractivity (Wildman–Crippen MR) is 98.8 cm³/mol. The number of nitrogens with zero attached hydrogens (tertiary/aromatic N) is 3. The zero-order valence-corrected chi connectivity index (χ0v) is 15.4. The molecule has 6 nitrogen and oxygen atoms in total. The average molecular weight is 346 g/mol. The fourth-order valence-electron chi connectivity index (χ4n) is 4.00. The van der Waals surface area contributed by atoms with Crippen LogP contribution in [0.2, 0.25) is 0 Å². The highest BCUT2D eigenvalue weighted by Gasteiger charge is 2.27. The van der Waals surface area contributed by atoms with Crippen LogP contribution in [-0.4, -0.2) is 34.8 Å². The molecular weight excluding hydrogens is 316 g/mol. The van der Waals surface area contributed by atoms with Crippen molar-refractivity contribution in [2.24, 2.45) is 5.92 Å². The first-order chi connectivity index (χ1) is 12.1. The van der Waals surface area contributed by atoms with Crippen molar-refractivity contribution in [1.29, 1.82) is 0 Å². The number of carbonyl (C=O) groups excluding carboxylic acids is 1. The monoisotopic (exact) mass is 346 g/mol. The van der Waals surface area contributed by atoms with Gasteiger partial charge in [-0.25, -0.2) is 4.68 Å². The lowest BCUT2D eigenvalue weighted by atomic mass is 10.0. The number of anilines is 1. The number of carbonyl (C=O) groups is 1. The van der Waals surface area contributed by atoms with Gasteiger partial charge in [-0.3, -0.25) is 9.59 Å². The Hall–Kier alpha value is -1.85. The van der Waals surface area contributed by atoms with E-state index in [0.717, 1.165) is 38.0 Å². The summed E-state index contributed by atoms with van der Waals surface area (Å²) in [6.07, 6.45) is 7.75. The molecule has 1 atom stereocenters. The number of amides is 1. The molecule has 1 saturated heterocycles. The fraction of sp³-hybridized carbons (Fsp3) is 0.737. The fourth-order valence-corrected chi connectivity index (χ4v) is 4.00. The van der Waals surface area contributed by atoms with Gasteiger partial charge in [-0.05, 0) is 52.0 Å².